The summed E-state index contributed by atoms with van der Waals surface area (Å²) in [5.74, 6) is 4.52. The van der Waals surface area contributed by atoms with Gasteiger partial charge in [0.1, 0.15) is 12.1 Å². The van der Waals surface area contributed by atoms with Crippen LogP contribution in [-0.2, 0) is 6.18 Å². The molecule has 2 rings (SSSR count). The summed E-state index contributed by atoms with van der Waals surface area (Å²) < 4.78 is 52.2. The first-order valence-electron chi connectivity index (χ1n) is 5.51. The molecule has 0 amide bonds. The number of nitrogens with zero attached hydrogens (tertiary/aromatic N) is 2. The Hall–Kier alpha value is -2.06. The Balaban J connectivity index is 2.57. The molecular formula is C12H10F4N4. The van der Waals surface area contributed by atoms with E-state index < -0.39 is 23.6 Å². The summed E-state index contributed by atoms with van der Waals surface area (Å²) in [6, 6.07) is 1.16. The number of rotatable bonds is 3. The molecule has 20 heavy (non-hydrogen) atoms. The van der Waals surface area contributed by atoms with Crippen LogP contribution in [0.5, 0.6) is 0 Å². The van der Waals surface area contributed by atoms with Crippen LogP contribution >= 0.6 is 0 Å². The van der Waals surface area contributed by atoms with Gasteiger partial charge in [-0.25, -0.2) is 19.8 Å². The van der Waals surface area contributed by atoms with Crippen LogP contribution < -0.4 is 11.3 Å². The molecule has 0 aliphatic rings. The Morgan fingerprint density at radius 1 is 1.15 bits per heavy atom. The molecule has 106 valence electrons. The first-order valence-corrected chi connectivity index (χ1v) is 5.51. The highest BCUT2D eigenvalue weighted by Gasteiger charge is 2.35. The Bertz CT molecular complexity index is 586. The molecule has 1 atom stereocenters. The minimum absolute atomic E-state index is 0.297. The van der Waals surface area contributed by atoms with Gasteiger partial charge in [-0.05, 0) is 23.8 Å². The molecule has 2 aromatic rings. The van der Waals surface area contributed by atoms with Gasteiger partial charge in [0.2, 0.25) is 0 Å². The third-order valence-corrected chi connectivity index (χ3v) is 2.71. The molecule has 1 heterocycles. The van der Waals surface area contributed by atoms with Crippen molar-refractivity contribution in [3.8, 4) is 0 Å². The van der Waals surface area contributed by atoms with Crippen molar-refractivity contribution < 1.29 is 17.6 Å². The lowest BCUT2D eigenvalue weighted by molar-refractivity contribution is -0.138. The van der Waals surface area contributed by atoms with Crippen molar-refractivity contribution in [3.05, 3.63) is 59.4 Å². The predicted octanol–water partition coefficient (Wildman–Crippen LogP) is 2.19. The Morgan fingerprint density at radius 2 is 1.80 bits per heavy atom. The summed E-state index contributed by atoms with van der Waals surface area (Å²) in [5.41, 5.74) is 1.23. The van der Waals surface area contributed by atoms with Crippen LogP contribution in [0.4, 0.5) is 17.6 Å². The van der Waals surface area contributed by atoms with Crippen molar-refractivity contribution in [1.29, 1.82) is 0 Å². The molecule has 0 fully saturated rings. The van der Waals surface area contributed by atoms with E-state index in [-0.39, 0.29) is 5.56 Å². The highest BCUT2D eigenvalue weighted by atomic mass is 19.4. The maximum atomic E-state index is 13.3. The molecule has 3 N–H and O–H groups in total. The van der Waals surface area contributed by atoms with Crippen molar-refractivity contribution >= 4 is 0 Å². The third-order valence-electron chi connectivity index (χ3n) is 2.71. The molecule has 0 radical (unpaired) electrons. The number of alkyl halides is 3. The van der Waals surface area contributed by atoms with Crippen molar-refractivity contribution in [1.82, 2.24) is 15.4 Å². The van der Waals surface area contributed by atoms with E-state index in [1.807, 2.05) is 0 Å². The van der Waals surface area contributed by atoms with E-state index >= 15 is 0 Å². The lowest BCUT2D eigenvalue weighted by atomic mass is 9.96. The zero-order valence-corrected chi connectivity index (χ0v) is 10.0. The van der Waals surface area contributed by atoms with Gasteiger partial charge in [0.25, 0.3) is 0 Å². The fourth-order valence-electron chi connectivity index (χ4n) is 1.86. The summed E-state index contributed by atoms with van der Waals surface area (Å²) in [6.45, 7) is 0. The second-order valence-electron chi connectivity index (χ2n) is 4.00. The van der Waals surface area contributed by atoms with E-state index in [0.717, 1.165) is 12.1 Å². The van der Waals surface area contributed by atoms with E-state index in [9.17, 15) is 17.6 Å². The first kappa shape index (κ1) is 14.4. The average Bonchev–Trinajstić information content (AvgIpc) is 2.39. The van der Waals surface area contributed by atoms with Crippen molar-refractivity contribution in [2.24, 2.45) is 5.84 Å². The minimum atomic E-state index is -4.62. The van der Waals surface area contributed by atoms with Crippen molar-refractivity contribution in [2.75, 3.05) is 0 Å². The highest BCUT2D eigenvalue weighted by molar-refractivity contribution is 5.38. The van der Waals surface area contributed by atoms with Gasteiger partial charge in [0.15, 0.2) is 0 Å². The molecule has 0 spiro atoms. The van der Waals surface area contributed by atoms with Crippen LogP contribution in [-0.4, -0.2) is 9.97 Å². The molecule has 4 nitrogen and oxygen atoms in total. The Labute approximate surface area is 111 Å². The molecule has 0 bridgehead atoms. The number of benzene rings is 1. The monoisotopic (exact) mass is 286 g/mol. The lowest BCUT2D eigenvalue weighted by Gasteiger charge is -2.21. The van der Waals surface area contributed by atoms with Crippen LogP contribution in [0.2, 0.25) is 0 Å². The third kappa shape index (κ3) is 2.91. The van der Waals surface area contributed by atoms with Gasteiger partial charge in [-0.3, -0.25) is 5.84 Å². The van der Waals surface area contributed by atoms with Crippen LogP contribution in [0.1, 0.15) is 22.7 Å². The Morgan fingerprint density at radius 3 is 2.35 bits per heavy atom. The van der Waals surface area contributed by atoms with Crippen LogP contribution in [0.15, 0.2) is 36.9 Å². The molecule has 8 heteroatoms. The number of nitrogens with two attached hydrogens (primary N) is 1. The molecule has 0 saturated heterocycles. The number of aromatic nitrogens is 2. The SMILES string of the molecule is NNC(c1cncnc1)c1cc(F)ccc1C(F)(F)F. The number of hydrazine groups is 1. The smallest absolute Gasteiger partial charge is 0.271 e. The number of hydrogen-bond donors (Lipinski definition) is 2. The number of hydrogen-bond acceptors (Lipinski definition) is 4. The van der Waals surface area contributed by atoms with Gasteiger partial charge in [-0.1, -0.05) is 0 Å². The van der Waals surface area contributed by atoms with Gasteiger partial charge < -0.3 is 0 Å². The van der Waals surface area contributed by atoms with Gasteiger partial charge in [-0.2, -0.15) is 13.2 Å². The molecule has 1 aromatic carbocycles. The van der Waals surface area contributed by atoms with E-state index in [4.69, 9.17) is 5.84 Å². The van der Waals surface area contributed by atoms with Gasteiger partial charge >= 0.3 is 6.18 Å². The predicted molar refractivity (Wildman–Crippen MR) is 62.6 cm³/mol. The van der Waals surface area contributed by atoms with Crippen LogP contribution in [0.3, 0.4) is 0 Å². The maximum absolute atomic E-state index is 13.3. The molecule has 0 aliphatic heterocycles. The van der Waals surface area contributed by atoms with Gasteiger partial charge in [0, 0.05) is 18.0 Å². The number of nitrogens with one attached hydrogen (secondary N) is 1. The summed E-state index contributed by atoms with van der Waals surface area (Å²) in [5, 5.41) is 0. The molecule has 1 unspecified atom stereocenters. The first-order chi connectivity index (χ1) is 9.43. The summed E-state index contributed by atoms with van der Waals surface area (Å²) in [6.07, 6.45) is -0.772. The fourth-order valence-corrected chi connectivity index (χ4v) is 1.86. The normalized spacial score (nSPS) is 13.2. The zero-order chi connectivity index (χ0) is 14.8. The van der Waals surface area contributed by atoms with Crippen LogP contribution in [0.25, 0.3) is 0 Å². The van der Waals surface area contributed by atoms with Crippen molar-refractivity contribution in [2.45, 2.75) is 12.2 Å². The second-order valence-corrected chi connectivity index (χ2v) is 4.00. The summed E-state index contributed by atoms with van der Waals surface area (Å²) in [7, 11) is 0. The van der Waals surface area contributed by atoms with E-state index in [1.165, 1.54) is 18.7 Å². The molecule has 0 saturated carbocycles. The zero-order valence-electron chi connectivity index (χ0n) is 10.0. The lowest BCUT2D eigenvalue weighted by Crippen LogP contribution is -2.31. The van der Waals surface area contributed by atoms with Crippen LogP contribution in [0, 0.1) is 5.82 Å². The molecule has 1 aromatic heterocycles. The second kappa shape index (κ2) is 5.51. The Kier molecular flexibility index (Phi) is 3.96. The summed E-state index contributed by atoms with van der Waals surface area (Å²) in [4.78, 5) is 7.42. The van der Waals surface area contributed by atoms with Crippen molar-refractivity contribution in [3.63, 3.8) is 0 Å². The topological polar surface area (TPSA) is 63.8 Å². The van der Waals surface area contributed by atoms with E-state index in [2.05, 4.69) is 15.4 Å². The van der Waals surface area contributed by atoms with Gasteiger partial charge in [0.05, 0.1) is 11.6 Å². The standard InChI is InChI=1S/C12H10F4N4/c13-8-1-2-10(12(14,15)16)9(3-8)11(20-17)7-4-18-6-19-5-7/h1-6,11,20H,17H2. The quantitative estimate of drug-likeness (QED) is 0.516. The highest BCUT2D eigenvalue weighted by Crippen LogP contribution is 2.36. The van der Waals surface area contributed by atoms with E-state index in [1.54, 1.807) is 0 Å². The maximum Gasteiger partial charge on any atom is 0.416 e. The van der Waals surface area contributed by atoms with Gasteiger partial charge in [-0.15, -0.1) is 0 Å². The average molecular weight is 286 g/mol. The fraction of sp³-hybridized carbons (Fsp3) is 0.167. The molecule has 0 aliphatic carbocycles. The van der Waals surface area contributed by atoms with E-state index in [0.29, 0.717) is 11.6 Å². The molecular weight excluding hydrogens is 276 g/mol. The minimum Gasteiger partial charge on any atom is -0.271 e. The largest absolute Gasteiger partial charge is 0.416 e. The number of halogens is 4. The summed E-state index contributed by atoms with van der Waals surface area (Å²) >= 11 is 0.